The Morgan fingerprint density at radius 2 is 1.67 bits per heavy atom. The third-order valence-corrected chi connectivity index (χ3v) is 2.24. The summed E-state index contributed by atoms with van der Waals surface area (Å²) in [5.74, 6) is -0.340. The van der Waals surface area contributed by atoms with Crippen molar-refractivity contribution in [2.24, 2.45) is 5.73 Å². The molecule has 0 heterocycles. The average Bonchev–Trinajstić information content (AvgIpc) is 2.24. The van der Waals surface area contributed by atoms with Crippen molar-refractivity contribution in [1.82, 2.24) is 0 Å². The van der Waals surface area contributed by atoms with Crippen LogP contribution >= 0.6 is 0 Å². The Labute approximate surface area is 98.3 Å². The number of rotatable bonds is 2. The number of alkyl halides is 6. The van der Waals surface area contributed by atoms with Gasteiger partial charge in [0.2, 0.25) is 0 Å². The quantitative estimate of drug-likeness (QED) is 0.839. The number of ether oxygens (including phenoxy) is 1. The lowest BCUT2D eigenvalue weighted by atomic mass is 10.0. The van der Waals surface area contributed by atoms with Crippen LogP contribution in [0.1, 0.15) is 17.2 Å². The SMILES string of the molecule is COc1ccc(C(F)(F)F)cc1[C@@H](N)C(F)(F)F. The molecule has 0 spiro atoms. The highest BCUT2D eigenvalue weighted by atomic mass is 19.4. The molecule has 0 unspecified atom stereocenters. The summed E-state index contributed by atoms with van der Waals surface area (Å²) in [7, 11) is 1.05. The van der Waals surface area contributed by atoms with Crippen LogP contribution in [0.25, 0.3) is 0 Å². The molecule has 8 heteroatoms. The highest BCUT2D eigenvalue weighted by Gasteiger charge is 2.41. The van der Waals surface area contributed by atoms with Gasteiger partial charge in [0.15, 0.2) is 0 Å². The molecule has 0 aromatic heterocycles. The Hall–Kier alpha value is -1.44. The number of hydrogen-bond acceptors (Lipinski definition) is 2. The summed E-state index contributed by atoms with van der Waals surface area (Å²) in [6, 6.07) is -0.749. The highest BCUT2D eigenvalue weighted by molar-refractivity contribution is 5.41. The fraction of sp³-hybridized carbons (Fsp3) is 0.400. The van der Waals surface area contributed by atoms with Crippen molar-refractivity contribution in [3.63, 3.8) is 0 Å². The van der Waals surface area contributed by atoms with Gasteiger partial charge in [-0.2, -0.15) is 26.3 Å². The fourth-order valence-corrected chi connectivity index (χ4v) is 1.33. The van der Waals surface area contributed by atoms with Gasteiger partial charge in [0.25, 0.3) is 0 Å². The molecule has 0 amide bonds. The smallest absolute Gasteiger partial charge is 0.416 e. The third kappa shape index (κ3) is 3.06. The van der Waals surface area contributed by atoms with Gasteiger partial charge in [-0.3, -0.25) is 0 Å². The molecule has 0 saturated carbocycles. The van der Waals surface area contributed by atoms with Crippen molar-refractivity contribution in [3.05, 3.63) is 29.3 Å². The Kier molecular flexibility index (Phi) is 3.80. The molecule has 1 atom stereocenters. The molecular weight excluding hydrogens is 264 g/mol. The van der Waals surface area contributed by atoms with Crippen LogP contribution in [0.3, 0.4) is 0 Å². The molecule has 0 fully saturated rings. The van der Waals surface area contributed by atoms with Crippen LogP contribution in [0.5, 0.6) is 5.75 Å². The van der Waals surface area contributed by atoms with Gasteiger partial charge in [0.05, 0.1) is 12.7 Å². The van der Waals surface area contributed by atoms with E-state index < -0.39 is 29.5 Å². The van der Waals surface area contributed by atoms with Crippen molar-refractivity contribution in [2.45, 2.75) is 18.4 Å². The fourth-order valence-electron chi connectivity index (χ4n) is 1.33. The van der Waals surface area contributed by atoms with Gasteiger partial charge in [-0.15, -0.1) is 0 Å². The molecule has 1 aromatic rings. The number of hydrogen-bond donors (Lipinski definition) is 1. The Morgan fingerprint density at radius 1 is 1.11 bits per heavy atom. The van der Waals surface area contributed by atoms with Crippen molar-refractivity contribution in [1.29, 1.82) is 0 Å². The van der Waals surface area contributed by atoms with Gasteiger partial charge < -0.3 is 10.5 Å². The summed E-state index contributed by atoms with van der Waals surface area (Å²) in [6.45, 7) is 0. The summed E-state index contributed by atoms with van der Waals surface area (Å²) in [6.07, 6.45) is -9.59. The van der Waals surface area contributed by atoms with E-state index in [0.717, 1.165) is 13.2 Å². The Morgan fingerprint density at radius 3 is 2.06 bits per heavy atom. The lowest BCUT2D eigenvalue weighted by molar-refractivity contribution is -0.150. The summed E-state index contributed by atoms with van der Waals surface area (Å²) < 4.78 is 79.0. The van der Waals surface area contributed by atoms with Crippen LogP contribution in [0.15, 0.2) is 18.2 Å². The maximum atomic E-state index is 12.4. The molecule has 0 aliphatic carbocycles. The first kappa shape index (κ1) is 14.6. The van der Waals surface area contributed by atoms with Gasteiger partial charge in [0, 0.05) is 5.56 Å². The van der Waals surface area contributed by atoms with E-state index in [2.05, 4.69) is 4.74 Å². The van der Waals surface area contributed by atoms with Crippen molar-refractivity contribution in [2.75, 3.05) is 7.11 Å². The predicted molar refractivity (Wildman–Crippen MR) is 51.0 cm³/mol. The average molecular weight is 273 g/mol. The van der Waals surface area contributed by atoms with E-state index in [4.69, 9.17) is 5.73 Å². The largest absolute Gasteiger partial charge is 0.496 e. The number of halogens is 6. The van der Waals surface area contributed by atoms with Gasteiger partial charge >= 0.3 is 12.4 Å². The molecule has 18 heavy (non-hydrogen) atoms. The monoisotopic (exact) mass is 273 g/mol. The molecule has 102 valence electrons. The van der Waals surface area contributed by atoms with Crippen molar-refractivity contribution < 1.29 is 31.1 Å². The van der Waals surface area contributed by atoms with E-state index >= 15 is 0 Å². The number of methoxy groups -OCH3 is 1. The lowest BCUT2D eigenvalue weighted by Gasteiger charge is -2.20. The number of benzene rings is 1. The molecule has 2 nitrogen and oxygen atoms in total. The highest BCUT2D eigenvalue weighted by Crippen LogP contribution is 2.39. The standard InChI is InChI=1S/C10H9F6NO/c1-18-7-3-2-5(9(11,12)13)4-6(7)8(17)10(14,15)16/h2-4,8H,17H2,1H3/t8-/m1/s1. The van der Waals surface area contributed by atoms with E-state index in [1.807, 2.05) is 0 Å². The topological polar surface area (TPSA) is 35.2 Å². The van der Waals surface area contributed by atoms with Crippen LogP contribution in [0.2, 0.25) is 0 Å². The molecule has 1 aromatic carbocycles. The van der Waals surface area contributed by atoms with E-state index in [-0.39, 0.29) is 5.75 Å². The van der Waals surface area contributed by atoms with Gasteiger partial charge in [-0.25, -0.2) is 0 Å². The van der Waals surface area contributed by atoms with Crippen LogP contribution < -0.4 is 10.5 Å². The summed E-state index contributed by atoms with van der Waals surface area (Å²) in [4.78, 5) is 0. The van der Waals surface area contributed by atoms with Crippen LogP contribution in [0.4, 0.5) is 26.3 Å². The first-order valence-electron chi connectivity index (χ1n) is 4.64. The second-order valence-corrected chi connectivity index (χ2v) is 3.47. The second-order valence-electron chi connectivity index (χ2n) is 3.47. The zero-order valence-corrected chi connectivity index (χ0v) is 9.06. The minimum Gasteiger partial charge on any atom is -0.496 e. The van der Waals surface area contributed by atoms with Gasteiger partial charge in [-0.1, -0.05) is 0 Å². The predicted octanol–water partition coefficient (Wildman–Crippen LogP) is 3.28. The first-order chi connectivity index (χ1) is 8.07. The van der Waals surface area contributed by atoms with E-state index in [9.17, 15) is 26.3 Å². The molecular formula is C10H9F6NO. The molecule has 0 bridgehead atoms. The maximum Gasteiger partial charge on any atom is 0.416 e. The normalized spacial score (nSPS) is 14.4. The Bertz CT molecular complexity index is 425. The summed E-state index contributed by atoms with van der Waals surface area (Å²) >= 11 is 0. The third-order valence-electron chi connectivity index (χ3n) is 2.24. The van der Waals surface area contributed by atoms with Gasteiger partial charge in [-0.05, 0) is 18.2 Å². The molecule has 0 radical (unpaired) electrons. The van der Waals surface area contributed by atoms with Crippen molar-refractivity contribution >= 4 is 0 Å². The zero-order chi connectivity index (χ0) is 14.1. The number of nitrogens with two attached hydrogens (primary N) is 1. The Balaban J connectivity index is 3.31. The van der Waals surface area contributed by atoms with E-state index in [1.165, 1.54) is 0 Å². The van der Waals surface area contributed by atoms with E-state index in [0.29, 0.717) is 12.1 Å². The molecule has 1 rings (SSSR count). The first-order valence-corrected chi connectivity index (χ1v) is 4.64. The van der Waals surface area contributed by atoms with Crippen LogP contribution in [0, 0.1) is 0 Å². The summed E-state index contributed by atoms with van der Waals surface area (Å²) in [5, 5.41) is 0. The minimum atomic E-state index is -4.85. The van der Waals surface area contributed by atoms with E-state index in [1.54, 1.807) is 0 Å². The molecule has 2 N–H and O–H groups in total. The minimum absolute atomic E-state index is 0.340. The molecule has 0 aliphatic rings. The second kappa shape index (κ2) is 4.68. The van der Waals surface area contributed by atoms with Crippen LogP contribution in [-0.4, -0.2) is 13.3 Å². The molecule has 0 saturated heterocycles. The van der Waals surface area contributed by atoms with Gasteiger partial charge in [0.1, 0.15) is 11.8 Å². The van der Waals surface area contributed by atoms with Crippen molar-refractivity contribution in [3.8, 4) is 5.75 Å². The lowest BCUT2D eigenvalue weighted by Crippen LogP contribution is -2.29. The van der Waals surface area contributed by atoms with Crippen LogP contribution in [-0.2, 0) is 6.18 Å². The maximum absolute atomic E-state index is 12.4. The molecule has 0 aliphatic heterocycles. The summed E-state index contributed by atoms with van der Waals surface area (Å²) in [5.41, 5.74) is 2.93. The zero-order valence-electron chi connectivity index (χ0n) is 9.06.